The summed E-state index contributed by atoms with van der Waals surface area (Å²) in [5.41, 5.74) is 2.04. The van der Waals surface area contributed by atoms with Crippen molar-refractivity contribution in [3.8, 4) is 0 Å². The summed E-state index contributed by atoms with van der Waals surface area (Å²) >= 11 is 0. The number of amides is 2. The van der Waals surface area contributed by atoms with Gasteiger partial charge >= 0.3 is 5.97 Å². The minimum Gasteiger partial charge on any atom is -0.464 e. The molecule has 2 aliphatic heterocycles. The Hall–Kier alpha value is -3.14. The minimum atomic E-state index is -0.541. The van der Waals surface area contributed by atoms with Gasteiger partial charge in [0.05, 0.1) is 37.3 Å². The number of methoxy groups -OCH3 is 1. The zero-order valence-electron chi connectivity index (χ0n) is 19.3. The average Bonchev–Trinajstić information content (AvgIpc) is 3.40. The Labute approximate surface area is 192 Å². The summed E-state index contributed by atoms with van der Waals surface area (Å²) in [6.45, 7) is 5.57. The van der Waals surface area contributed by atoms with Crippen molar-refractivity contribution in [1.29, 1.82) is 0 Å². The molecule has 2 amide bonds. The predicted octanol–water partition coefficient (Wildman–Crippen LogP) is 2.38. The first kappa shape index (κ1) is 23.0. The number of piperidine rings is 1. The third-order valence-electron chi connectivity index (χ3n) is 6.30. The van der Waals surface area contributed by atoms with Gasteiger partial charge in [-0.25, -0.2) is 9.78 Å². The molecule has 0 aromatic carbocycles. The lowest BCUT2D eigenvalue weighted by molar-refractivity contribution is -0.129. The highest BCUT2D eigenvalue weighted by Gasteiger charge is 2.29. The Bertz CT molecular complexity index is 1050. The first-order chi connectivity index (χ1) is 15.9. The highest BCUT2D eigenvalue weighted by atomic mass is 16.5. The topological polar surface area (TPSA) is 115 Å². The van der Waals surface area contributed by atoms with Gasteiger partial charge in [-0.15, -0.1) is 0 Å². The predicted molar refractivity (Wildman–Crippen MR) is 123 cm³/mol. The average molecular weight is 458 g/mol. The number of fused-ring (bicyclic) bond motifs is 1. The van der Waals surface area contributed by atoms with Crippen molar-refractivity contribution in [2.75, 3.05) is 37.4 Å². The number of carbonyl (C=O) groups is 3. The van der Waals surface area contributed by atoms with Crippen molar-refractivity contribution in [1.82, 2.24) is 14.5 Å². The van der Waals surface area contributed by atoms with Gasteiger partial charge in [-0.2, -0.15) is 0 Å². The van der Waals surface area contributed by atoms with Crippen LogP contribution in [0, 0.1) is 0 Å². The van der Waals surface area contributed by atoms with Crippen LogP contribution in [0.25, 0.3) is 11.0 Å². The molecule has 10 heteroatoms. The van der Waals surface area contributed by atoms with Crippen LogP contribution in [-0.2, 0) is 25.6 Å². The lowest BCUT2D eigenvalue weighted by Gasteiger charge is -2.32. The second kappa shape index (κ2) is 9.78. The molecule has 2 N–H and O–H groups in total. The summed E-state index contributed by atoms with van der Waals surface area (Å²) in [4.78, 5) is 42.8. The van der Waals surface area contributed by atoms with Crippen molar-refractivity contribution < 1.29 is 23.9 Å². The van der Waals surface area contributed by atoms with Crippen LogP contribution in [0.3, 0.4) is 0 Å². The summed E-state index contributed by atoms with van der Waals surface area (Å²) in [6, 6.07) is 2.11. The lowest BCUT2D eigenvalue weighted by Crippen LogP contribution is -2.41. The number of ether oxygens (including phenoxy) is 2. The van der Waals surface area contributed by atoms with Crippen LogP contribution < -0.4 is 10.6 Å². The van der Waals surface area contributed by atoms with Gasteiger partial charge in [0.15, 0.2) is 5.69 Å². The molecule has 2 saturated heterocycles. The molecule has 10 nitrogen and oxygen atoms in total. The molecule has 178 valence electrons. The third-order valence-corrected chi connectivity index (χ3v) is 6.30. The van der Waals surface area contributed by atoms with Gasteiger partial charge in [0.25, 0.3) is 0 Å². The quantitative estimate of drug-likeness (QED) is 0.640. The van der Waals surface area contributed by atoms with E-state index < -0.39 is 5.97 Å². The Morgan fingerprint density at radius 3 is 2.58 bits per heavy atom. The van der Waals surface area contributed by atoms with E-state index in [0.29, 0.717) is 43.0 Å². The van der Waals surface area contributed by atoms with Crippen LogP contribution in [0.5, 0.6) is 0 Å². The van der Waals surface area contributed by atoms with E-state index in [9.17, 15) is 14.4 Å². The van der Waals surface area contributed by atoms with E-state index in [2.05, 4.69) is 15.6 Å². The van der Waals surface area contributed by atoms with E-state index >= 15 is 0 Å². The number of hydrogen-bond donors (Lipinski definition) is 2. The smallest absolute Gasteiger partial charge is 0.356 e. The van der Waals surface area contributed by atoms with Crippen molar-refractivity contribution >= 4 is 40.2 Å². The number of esters is 1. The molecule has 2 aromatic rings. The minimum absolute atomic E-state index is 0.0275. The third kappa shape index (κ3) is 4.95. The summed E-state index contributed by atoms with van der Waals surface area (Å²) in [5, 5.41) is 6.97. The summed E-state index contributed by atoms with van der Waals surface area (Å²) in [7, 11) is 1.32. The number of pyridine rings is 1. The molecule has 1 atom stereocenters. The van der Waals surface area contributed by atoms with Gasteiger partial charge in [0.1, 0.15) is 5.65 Å². The van der Waals surface area contributed by atoms with Gasteiger partial charge in [-0.05, 0) is 31.7 Å². The van der Waals surface area contributed by atoms with Crippen molar-refractivity contribution in [2.45, 2.75) is 58.2 Å². The summed E-state index contributed by atoms with van der Waals surface area (Å²) in [6.07, 6.45) is 5.26. The number of nitrogens with one attached hydrogen (secondary N) is 2. The van der Waals surface area contributed by atoms with Crippen LogP contribution in [-0.4, -0.2) is 71.2 Å². The molecule has 0 unspecified atom stereocenters. The van der Waals surface area contributed by atoms with Gasteiger partial charge in [0.2, 0.25) is 11.8 Å². The highest BCUT2D eigenvalue weighted by Crippen LogP contribution is 2.34. The van der Waals surface area contributed by atoms with Crippen LogP contribution in [0.2, 0.25) is 0 Å². The monoisotopic (exact) mass is 457 g/mol. The first-order valence-corrected chi connectivity index (χ1v) is 11.4. The molecule has 4 rings (SSSR count). The maximum absolute atomic E-state index is 12.8. The number of anilines is 2. The van der Waals surface area contributed by atoms with Crippen molar-refractivity contribution in [3.63, 3.8) is 0 Å². The molecule has 2 aliphatic rings. The Balaban J connectivity index is 1.69. The maximum Gasteiger partial charge on any atom is 0.356 e. The first-order valence-electron chi connectivity index (χ1n) is 11.4. The zero-order valence-corrected chi connectivity index (χ0v) is 19.3. The molecular formula is C23H31N5O5. The van der Waals surface area contributed by atoms with Gasteiger partial charge in [0, 0.05) is 45.0 Å². The summed E-state index contributed by atoms with van der Waals surface area (Å²) < 4.78 is 12.6. The molecule has 4 heterocycles. The molecular weight excluding hydrogens is 426 g/mol. The largest absolute Gasteiger partial charge is 0.464 e. The second-order valence-corrected chi connectivity index (χ2v) is 8.66. The molecule has 0 spiro atoms. The highest BCUT2D eigenvalue weighted by molar-refractivity contribution is 6.11. The molecule has 0 aliphatic carbocycles. The SMILES string of the molecule is COC(=O)c1c(NC(C)=O)c2cc(NC3CCN(C(C)=O)CC3)cnc2n1C[C@H]1CCCO1. The number of carbonyl (C=O) groups excluding carboxylic acids is 3. The van der Waals surface area contributed by atoms with Gasteiger partial charge < -0.3 is 29.6 Å². The van der Waals surface area contributed by atoms with Crippen molar-refractivity contribution in [2.24, 2.45) is 0 Å². The van der Waals surface area contributed by atoms with Crippen LogP contribution in [0.15, 0.2) is 12.3 Å². The van der Waals surface area contributed by atoms with E-state index in [-0.39, 0.29) is 29.7 Å². The molecule has 2 fully saturated rings. The van der Waals surface area contributed by atoms with Crippen LogP contribution in [0.4, 0.5) is 11.4 Å². The fourth-order valence-electron chi connectivity index (χ4n) is 4.66. The number of aromatic nitrogens is 2. The maximum atomic E-state index is 12.8. The van der Waals surface area contributed by atoms with Crippen LogP contribution >= 0.6 is 0 Å². The summed E-state index contributed by atoms with van der Waals surface area (Å²) in [5.74, 6) is -0.730. The van der Waals surface area contributed by atoms with E-state index in [1.165, 1.54) is 14.0 Å². The zero-order chi connectivity index (χ0) is 23.5. The molecule has 33 heavy (non-hydrogen) atoms. The fourth-order valence-corrected chi connectivity index (χ4v) is 4.66. The Kier molecular flexibility index (Phi) is 6.83. The number of rotatable bonds is 6. The van der Waals surface area contributed by atoms with E-state index in [1.54, 1.807) is 17.7 Å². The molecule has 0 radical (unpaired) electrons. The second-order valence-electron chi connectivity index (χ2n) is 8.66. The van der Waals surface area contributed by atoms with Gasteiger partial charge in [-0.3, -0.25) is 9.59 Å². The molecule has 0 bridgehead atoms. The lowest BCUT2D eigenvalue weighted by atomic mass is 10.0. The molecule has 0 saturated carbocycles. The van der Waals surface area contributed by atoms with E-state index in [0.717, 1.165) is 31.4 Å². The molecule has 2 aromatic heterocycles. The number of nitrogens with zero attached hydrogens (tertiary/aromatic N) is 3. The standard InChI is InChI=1S/C23H31N5O5/c1-14(29)25-20-19-11-17(26-16-6-8-27(9-7-16)15(2)30)12-24-22(19)28(21(20)23(31)32-3)13-18-5-4-10-33-18/h11-12,16,18,26H,4-10,13H2,1-3H3,(H,25,29)/t18-/m1/s1. The van der Waals surface area contributed by atoms with E-state index in [1.807, 2.05) is 11.0 Å². The van der Waals surface area contributed by atoms with Crippen molar-refractivity contribution in [3.05, 3.63) is 18.0 Å². The number of hydrogen-bond acceptors (Lipinski definition) is 7. The number of likely N-dealkylation sites (tertiary alicyclic amines) is 1. The Morgan fingerprint density at radius 2 is 1.97 bits per heavy atom. The normalized spacial score (nSPS) is 19.0. The van der Waals surface area contributed by atoms with Gasteiger partial charge in [-0.1, -0.05) is 0 Å². The Morgan fingerprint density at radius 1 is 1.21 bits per heavy atom. The van der Waals surface area contributed by atoms with E-state index in [4.69, 9.17) is 9.47 Å². The fraction of sp³-hybridized carbons (Fsp3) is 0.565. The van der Waals surface area contributed by atoms with Crippen LogP contribution in [0.1, 0.15) is 50.0 Å².